The van der Waals surface area contributed by atoms with E-state index in [-0.39, 0.29) is 0 Å². The van der Waals surface area contributed by atoms with E-state index in [1.165, 1.54) is 11.1 Å². The summed E-state index contributed by atoms with van der Waals surface area (Å²) in [5.41, 5.74) is 3.44. The second kappa shape index (κ2) is 4.80. The molecule has 0 spiro atoms. The lowest BCUT2D eigenvalue weighted by atomic mass is 9.99. The number of anilines is 1. The van der Waals surface area contributed by atoms with Gasteiger partial charge in [0.15, 0.2) is 0 Å². The van der Waals surface area contributed by atoms with Crippen molar-refractivity contribution >= 4 is 12.1 Å². The van der Waals surface area contributed by atoms with Gasteiger partial charge >= 0.3 is 0 Å². The highest BCUT2D eigenvalue weighted by Crippen LogP contribution is 2.22. The maximum Gasteiger partial charge on any atom is 0.211 e. The van der Waals surface area contributed by atoms with Gasteiger partial charge in [0, 0.05) is 5.69 Å². The van der Waals surface area contributed by atoms with Gasteiger partial charge in [0.1, 0.15) is 0 Å². The van der Waals surface area contributed by atoms with Crippen molar-refractivity contribution in [3.63, 3.8) is 0 Å². The molecule has 0 aliphatic carbocycles. The van der Waals surface area contributed by atoms with Gasteiger partial charge in [-0.3, -0.25) is 4.79 Å². The molecule has 0 aromatic heterocycles. The van der Waals surface area contributed by atoms with Crippen LogP contribution < -0.4 is 5.32 Å². The van der Waals surface area contributed by atoms with Crippen molar-refractivity contribution in [2.75, 3.05) is 5.32 Å². The molecule has 1 amide bonds. The zero-order valence-corrected chi connectivity index (χ0v) is 9.00. The summed E-state index contributed by atoms with van der Waals surface area (Å²) in [6.45, 7) is 6.43. The molecule has 76 valence electrons. The van der Waals surface area contributed by atoms with Crippen LogP contribution in [0, 0.1) is 0 Å². The van der Waals surface area contributed by atoms with E-state index in [2.05, 4.69) is 38.2 Å². The minimum Gasteiger partial charge on any atom is -0.328 e. The minimum atomic E-state index is 0.533. The molecule has 0 saturated heterocycles. The first-order valence-corrected chi connectivity index (χ1v) is 5.02. The standard InChI is InChI=1S/C12H17NO/c1-4-10-7-11(9(2)3)5-6-12(10)13-8-14/h5-9H,4H2,1-3H3,(H,13,14). The lowest BCUT2D eigenvalue weighted by molar-refractivity contribution is -0.105. The number of nitrogens with one attached hydrogen (secondary N) is 1. The molecule has 1 rings (SSSR count). The van der Waals surface area contributed by atoms with Gasteiger partial charge in [0.2, 0.25) is 6.41 Å². The number of hydrogen-bond acceptors (Lipinski definition) is 1. The molecule has 1 aromatic carbocycles. The lowest BCUT2D eigenvalue weighted by Gasteiger charge is -2.11. The van der Waals surface area contributed by atoms with Crippen LogP contribution in [0.5, 0.6) is 0 Å². The quantitative estimate of drug-likeness (QED) is 0.728. The number of carbonyl (C=O) groups excluding carboxylic acids is 1. The Labute approximate surface area is 85.3 Å². The van der Waals surface area contributed by atoms with Crippen LogP contribution in [-0.4, -0.2) is 6.41 Å². The van der Waals surface area contributed by atoms with Crippen molar-refractivity contribution in [1.29, 1.82) is 0 Å². The van der Waals surface area contributed by atoms with Crippen molar-refractivity contribution in [2.45, 2.75) is 33.1 Å². The summed E-state index contributed by atoms with van der Waals surface area (Å²) in [6, 6.07) is 6.20. The Hall–Kier alpha value is -1.31. The number of aryl methyl sites for hydroxylation is 1. The molecule has 1 N–H and O–H groups in total. The summed E-state index contributed by atoms with van der Waals surface area (Å²) in [6.07, 6.45) is 1.67. The molecular weight excluding hydrogens is 174 g/mol. The third kappa shape index (κ3) is 2.34. The van der Waals surface area contributed by atoms with Gasteiger partial charge in [0.05, 0.1) is 0 Å². The predicted octanol–water partition coefficient (Wildman–Crippen LogP) is 2.94. The third-order valence-electron chi connectivity index (χ3n) is 2.39. The van der Waals surface area contributed by atoms with Crippen molar-refractivity contribution in [1.82, 2.24) is 0 Å². The summed E-state index contributed by atoms with van der Waals surface area (Å²) < 4.78 is 0. The zero-order valence-electron chi connectivity index (χ0n) is 9.00. The second-order valence-corrected chi connectivity index (χ2v) is 3.69. The molecule has 0 aliphatic rings. The number of amides is 1. The number of benzene rings is 1. The largest absolute Gasteiger partial charge is 0.328 e. The second-order valence-electron chi connectivity index (χ2n) is 3.69. The highest BCUT2D eigenvalue weighted by molar-refractivity contribution is 5.73. The van der Waals surface area contributed by atoms with Crippen LogP contribution in [0.25, 0.3) is 0 Å². The zero-order chi connectivity index (χ0) is 10.6. The summed E-state index contributed by atoms with van der Waals surface area (Å²) in [5.74, 6) is 0.533. The molecule has 2 heteroatoms. The Morgan fingerprint density at radius 3 is 2.64 bits per heavy atom. The number of hydrogen-bond donors (Lipinski definition) is 1. The SMILES string of the molecule is CCc1cc(C(C)C)ccc1NC=O. The van der Waals surface area contributed by atoms with Crippen molar-refractivity contribution in [3.05, 3.63) is 29.3 Å². The van der Waals surface area contributed by atoms with Crippen LogP contribution >= 0.6 is 0 Å². The molecule has 0 heterocycles. The van der Waals surface area contributed by atoms with Crippen LogP contribution in [0.1, 0.15) is 37.8 Å². The number of carbonyl (C=O) groups is 1. The summed E-state index contributed by atoms with van der Waals surface area (Å²) in [5, 5.41) is 2.71. The monoisotopic (exact) mass is 191 g/mol. The van der Waals surface area contributed by atoms with Crippen LogP contribution in [0.3, 0.4) is 0 Å². The molecule has 0 aliphatic heterocycles. The Morgan fingerprint density at radius 2 is 2.14 bits per heavy atom. The Morgan fingerprint density at radius 1 is 1.43 bits per heavy atom. The molecule has 0 unspecified atom stereocenters. The molecule has 2 nitrogen and oxygen atoms in total. The van der Waals surface area contributed by atoms with E-state index < -0.39 is 0 Å². The maximum atomic E-state index is 10.4. The average molecular weight is 191 g/mol. The van der Waals surface area contributed by atoms with Crippen LogP contribution in [-0.2, 0) is 11.2 Å². The Bertz CT molecular complexity index is 318. The van der Waals surface area contributed by atoms with E-state index in [0.29, 0.717) is 5.92 Å². The van der Waals surface area contributed by atoms with E-state index in [0.717, 1.165) is 18.5 Å². The van der Waals surface area contributed by atoms with Gasteiger partial charge in [-0.05, 0) is 29.5 Å². The lowest BCUT2D eigenvalue weighted by Crippen LogP contribution is -1.99. The fraction of sp³-hybridized carbons (Fsp3) is 0.417. The first kappa shape index (κ1) is 10.8. The van der Waals surface area contributed by atoms with E-state index in [4.69, 9.17) is 0 Å². The minimum absolute atomic E-state index is 0.533. The fourth-order valence-electron chi connectivity index (χ4n) is 1.47. The molecule has 0 atom stereocenters. The smallest absolute Gasteiger partial charge is 0.211 e. The Kier molecular flexibility index (Phi) is 3.69. The fourth-order valence-corrected chi connectivity index (χ4v) is 1.47. The van der Waals surface area contributed by atoms with Crippen LogP contribution in [0.4, 0.5) is 5.69 Å². The van der Waals surface area contributed by atoms with Gasteiger partial charge in [-0.1, -0.05) is 32.9 Å². The molecule has 14 heavy (non-hydrogen) atoms. The first-order chi connectivity index (χ1) is 6.69. The normalized spacial score (nSPS) is 10.3. The van der Waals surface area contributed by atoms with Gasteiger partial charge < -0.3 is 5.32 Å². The van der Waals surface area contributed by atoms with Crippen molar-refractivity contribution in [2.24, 2.45) is 0 Å². The van der Waals surface area contributed by atoms with Gasteiger partial charge in [-0.25, -0.2) is 0 Å². The predicted molar refractivity (Wildman–Crippen MR) is 59.6 cm³/mol. The molecule has 1 aromatic rings. The summed E-state index contributed by atoms with van der Waals surface area (Å²) >= 11 is 0. The highest BCUT2D eigenvalue weighted by atomic mass is 16.1. The topological polar surface area (TPSA) is 29.1 Å². The highest BCUT2D eigenvalue weighted by Gasteiger charge is 2.04. The molecule has 0 radical (unpaired) electrons. The van der Waals surface area contributed by atoms with Crippen molar-refractivity contribution < 1.29 is 4.79 Å². The van der Waals surface area contributed by atoms with Gasteiger partial charge in [-0.2, -0.15) is 0 Å². The van der Waals surface area contributed by atoms with E-state index in [1.54, 1.807) is 0 Å². The van der Waals surface area contributed by atoms with Crippen LogP contribution in [0.15, 0.2) is 18.2 Å². The van der Waals surface area contributed by atoms with E-state index in [1.807, 2.05) is 6.07 Å². The number of rotatable bonds is 4. The summed E-state index contributed by atoms with van der Waals surface area (Å²) in [4.78, 5) is 10.4. The Balaban J connectivity index is 3.04. The molecule has 0 fully saturated rings. The van der Waals surface area contributed by atoms with Gasteiger partial charge in [-0.15, -0.1) is 0 Å². The van der Waals surface area contributed by atoms with Crippen molar-refractivity contribution in [3.8, 4) is 0 Å². The van der Waals surface area contributed by atoms with Gasteiger partial charge in [0.25, 0.3) is 0 Å². The maximum absolute atomic E-state index is 10.4. The summed E-state index contributed by atoms with van der Waals surface area (Å²) in [7, 11) is 0. The van der Waals surface area contributed by atoms with E-state index >= 15 is 0 Å². The first-order valence-electron chi connectivity index (χ1n) is 5.02. The van der Waals surface area contributed by atoms with Crippen LogP contribution in [0.2, 0.25) is 0 Å². The third-order valence-corrected chi connectivity index (χ3v) is 2.39. The molecular formula is C12H17NO. The average Bonchev–Trinajstić information content (AvgIpc) is 2.18. The van der Waals surface area contributed by atoms with E-state index in [9.17, 15) is 4.79 Å². The molecule has 0 bridgehead atoms. The molecule has 0 saturated carbocycles.